The van der Waals surface area contributed by atoms with Gasteiger partial charge in [-0.25, -0.2) is 13.6 Å². The van der Waals surface area contributed by atoms with Crippen molar-refractivity contribution in [3.8, 4) is 21.9 Å². The molecule has 1 aliphatic rings. The van der Waals surface area contributed by atoms with Gasteiger partial charge >= 0.3 is 0 Å². The molecule has 4 rings (SSSR count). The van der Waals surface area contributed by atoms with Crippen molar-refractivity contribution in [1.82, 2.24) is 14.5 Å². The molecule has 2 N–H and O–H groups in total. The SMILES string of the molecule is C=S1(=O)C[C@@](C)(c2sc(-c3ccc(F)c(-c4nnco4)c3)cc2Cl)N=C(N)N1C. The Balaban J connectivity index is 1.79. The van der Waals surface area contributed by atoms with E-state index in [1.807, 2.05) is 6.92 Å². The van der Waals surface area contributed by atoms with Crippen molar-refractivity contribution in [2.45, 2.75) is 12.5 Å². The molecule has 2 aromatic heterocycles. The molecule has 1 aliphatic heterocycles. The third kappa shape index (κ3) is 3.41. The minimum absolute atomic E-state index is 0.0867. The number of guanidine groups is 1. The monoisotopic (exact) mass is 453 g/mol. The fourth-order valence-electron chi connectivity index (χ4n) is 3.19. The van der Waals surface area contributed by atoms with Gasteiger partial charge < -0.3 is 10.2 Å². The summed E-state index contributed by atoms with van der Waals surface area (Å²) in [7, 11) is -1.03. The second-order valence-corrected chi connectivity index (χ2v) is 10.7. The summed E-state index contributed by atoms with van der Waals surface area (Å²) in [5, 5.41) is 7.82. The van der Waals surface area contributed by atoms with Gasteiger partial charge in [0.05, 0.1) is 30.9 Å². The number of nitrogens with two attached hydrogens (primary N) is 1. The Morgan fingerprint density at radius 2 is 2.21 bits per heavy atom. The average molecular weight is 454 g/mol. The van der Waals surface area contributed by atoms with Crippen LogP contribution in [0.3, 0.4) is 0 Å². The molecule has 1 aromatic carbocycles. The Hall–Kier alpha value is -2.43. The molecule has 0 spiro atoms. The van der Waals surface area contributed by atoms with E-state index in [4.69, 9.17) is 21.8 Å². The van der Waals surface area contributed by atoms with E-state index in [0.29, 0.717) is 9.90 Å². The van der Waals surface area contributed by atoms with Gasteiger partial charge in [0, 0.05) is 11.9 Å². The normalized spacial score (nSPS) is 24.6. The lowest BCUT2D eigenvalue weighted by Gasteiger charge is -2.36. The number of hydrogen-bond donors (Lipinski definition) is 1. The quantitative estimate of drug-likeness (QED) is 0.613. The van der Waals surface area contributed by atoms with E-state index in [1.54, 1.807) is 25.2 Å². The van der Waals surface area contributed by atoms with Crippen LogP contribution in [0.2, 0.25) is 5.02 Å². The predicted octanol–water partition coefficient (Wildman–Crippen LogP) is 3.36. The van der Waals surface area contributed by atoms with Crippen LogP contribution in [-0.2, 0) is 15.2 Å². The minimum atomic E-state index is -2.63. The first-order valence-corrected chi connectivity index (χ1v) is 11.5. The maximum Gasteiger partial charge on any atom is 0.250 e. The van der Waals surface area contributed by atoms with Crippen LogP contribution in [0, 0.1) is 5.82 Å². The molecule has 0 fully saturated rings. The molecule has 152 valence electrons. The number of halogens is 2. The molecule has 3 heterocycles. The van der Waals surface area contributed by atoms with Crippen molar-refractivity contribution >= 4 is 44.5 Å². The van der Waals surface area contributed by atoms with E-state index in [-0.39, 0.29) is 23.2 Å². The van der Waals surface area contributed by atoms with Gasteiger partial charge in [0.1, 0.15) is 11.4 Å². The second-order valence-electron chi connectivity index (χ2n) is 6.88. The summed E-state index contributed by atoms with van der Waals surface area (Å²) in [6, 6.07) is 6.36. The largest absolute Gasteiger partial charge is 0.423 e. The number of aromatic nitrogens is 2. The summed E-state index contributed by atoms with van der Waals surface area (Å²) < 4.78 is 33.6. The second kappa shape index (κ2) is 6.82. The lowest BCUT2D eigenvalue weighted by atomic mass is 10.0. The molecule has 11 heteroatoms. The molecule has 1 unspecified atom stereocenters. The Kier molecular flexibility index (Phi) is 4.67. The highest BCUT2D eigenvalue weighted by Gasteiger charge is 2.39. The number of nitrogens with zero attached hydrogens (tertiary/aromatic N) is 4. The summed E-state index contributed by atoms with van der Waals surface area (Å²) in [6.45, 7) is 1.83. The first-order valence-electron chi connectivity index (χ1n) is 8.41. The van der Waals surface area contributed by atoms with Crippen molar-refractivity contribution in [2.24, 2.45) is 10.7 Å². The number of thiophene rings is 1. The fourth-order valence-corrected chi connectivity index (χ4v) is 6.57. The lowest BCUT2D eigenvalue weighted by Crippen LogP contribution is -2.50. The number of benzene rings is 1. The van der Waals surface area contributed by atoms with E-state index in [2.05, 4.69) is 21.1 Å². The van der Waals surface area contributed by atoms with Crippen molar-refractivity contribution in [2.75, 3.05) is 12.8 Å². The van der Waals surface area contributed by atoms with Gasteiger partial charge in [-0.2, -0.15) is 0 Å². The van der Waals surface area contributed by atoms with E-state index in [9.17, 15) is 8.60 Å². The first-order chi connectivity index (χ1) is 13.6. The molecule has 0 bridgehead atoms. The van der Waals surface area contributed by atoms with Crippen LogP contribution in [0.4, 0.5) is 4.39 Å². The highest BCUT2D eigenvalue weighted by Crippen LogP contribution is 2.44. The summed E-state index contributed by atoms with van der Waals surface area (Å²) in [6.07, 6.45) is 1.14. The van der Waals surface area contributed by atoms with E-state index < -0.39 is 21.1 Å². The van der Waals surface area contributed by atoms with Crippen LogP contribution in [-0.4, -0.2) is 43.3 Å². The molecule has 0 saturated heterocycles. The van der Waals surface area contributed by atoms with Crippen LogP contribution in [0.25, 0.3) is 21.9 Å². The Morgan fingerprint density at radius 3 is 2.86 bits per heavy atom. The minimum Gasteiger partial charge on any atom is -0.423 e. The van der Waals surface area contributed by atoms with Gasteiger partial charge in [-0.05, 0) is 36.6 Å². The van der Waals surface area contributed by atoms with E-state index in [0.717, 1.165) is 16.8 Å². The summed E-state index contributed by atoms with van der Waals surface area (Å²) in [5.41, 5.74) is 6.01. The smallest absolute Gasteiger partial charge is 0.250 e. The maximum absolute atomic E-state index is 14.2. The van der Waals surface area contributed by atoms with Gasteiger partial charge in [-0.1, -0.05) is 17.7 Å². The molecule has 7 nitrogen and oxygen atoms in total. The Morgan fingerprint density at radius 1 is 1.45 bits per heavy atom. The van der Waals surface area contributed by atoms with Crippen molar-refractivity contribution in [3.05, 3.63) is 46.4 Å². The van der Waals surface area contributed by atoms with Gasteiger partial charge in [-0.15, -0.1) is 21.5 Å². The van der Waals surface area contributed by atoms with Gasteiger partial charge in [0.15, 0.2) is 0 Å². The van der Waals surface area contributed by atoms with Crippen LogP contribution in [0.5, 0.6) is 0 Å². The van der Waals surface area contributed by atoms with Gasteiger partial charge in [-0.3, -0.25) is 4.31 Å². The maximum atomic E-state index is 14.2. The van der Waals surface area contributed by atoms with Crippen molar-refractivity contribution in [1.29, 1.82) is 0 Å². The van der Waals surface area contributed by atoms with Crippen LogP contribution in [0.1, 0.15) is 11.8 Å². The highest BCUT2D eigenvalue weighted by molar-refractivity contribution is 7.98. The highest BCUT2D eigenvalue weighted by atomic mass is 35.5. The summed E-state index contributed by atoms with van der Waals surface area (Å²) >= 11 is 7.90. The third-order valence-electron chi connectivity index (χ3n) is 4.71. The molecule has 3 aromatic rings. The Bertz CT molecular complexity index is 1220. The van der Waals surface area contributed by atoms with Gasteiger partial charge in [0.2, 0.25) is 18.2 Å². The zero-order valence-corrected chi connectivity index (χ0v) is 17.9. The average Bonchev–Trinajstić information content (AvgIpc) is 3.30. The van der Waals surface area contributed by atoms with Crippen molar-refractivity contribution < 1.29 is 13.0 Å². The van der Waals surface area contributed by atoms with E-state index >= 15 is 0 Å². The predicted molar refractivity (Wildman–Crippen MR) is 115 cm³/mol. The fraction of sp³-hybridized carbons (Fsp3) is 0.222. The molecular weight excluding hydrogens is 437 g/mol. The topological polar surface area (TPSA) is 97.6 Å². The number of aliphatic imine (C=N–C) groups is 1. The summed E-state index contributed by atoms with van der Waals surface area (Å²) in [5.74, 6) is 3.75. The number of hydrogen-bond acceptors (Lipinski definition) is 7. The molecular formula is C18H17ClFN5O2S2. The van der Waals surface area contributed by atoms with E-state index in [1.165, 1.54) is 21.7 Å². The zero-order chi connectivity index (χ0) is 21.0. The summed E-state index contributed by atoms with van der Waals surface area (Å²) in [4.78, 5) is 6.04. The third-order valence-corrected chi connectivity index (χ3v) is 8.75. The molecule has 0 aliphatic carbocycles. The molecule has 0 radical (unpaired) electrons. The first kappa shape index (κ1) is 19.9. The van der Waals surface area contributed by atoms with Crippen molar-refractivity contribution in [3.63, 3.8) is 0 Å². The molecule has 2 atom stereocenters. The Labute approximate surface area is 176 Å². The molecule has 29 heavy (non-hydrogen) atoms. The van der Waals surface area contributed by atoms with Crippen LogP contribution < -0.4 is 5.73 Å². The van der Waals surface area contributed by atoms with Crippen LogP contribution >= 0.6 is 22.9 Å². The standard InChI is InChI=1S/C18H17ClFN5O2S2/c1-18(8-29(3,26)25(2)17(21)23-18)15-12(19)7-14(28-15)10-4-5-13(20)11(6-10)16-24-22-9-27-16/h4-7,9H,3,8H2,1-2H3,(H2,21,23)/t18-,29?/m0/s1. The molecule has 0 saturated carbocycles. The molecule has 0 amide bonds. The van der Waals surface area contributed by atoms with Crippen LogP contribution in [0.15, 0.2) is 40.1 Å². The lowest BCUT2D eigenvalue weighted by molar-refractivity contribution is 0.522. The number of rotatable bonds is 3. The van der Waals surface area contributed by atoms with Gasteiger partial charge in [0.25, 0.3) is 0 Å². The zero-order valence-electron chi connectivity index (χ0n) is 15.6.